The molecule has 0 unspecified atom stereocenters. The van der Waals surface area contributed by atoms with Gasteiger partial charge in [0.2, 0.25) is 5.91 Å². The van der Waals surface area contributed by atoms with Crippen LogP contribution >= 0.6 is 35.0 Å². The Kier molecular flexibility index (Phi) is 9.17. The normalized spacial score (nSPS) is 11.8. The van der Waals surface area contributed by atoms with Gasteiger partial charge in [-0.3, -0.25) is 9.59 Å². The predicted octanol–water partition coefficient (Wildman–Crippen LogP) is 4.55. The first-order chi connectivity index (χ1) is 15.9. The third kappa shape index (κ3) is 6.96. The van der Waals surface area contributed by atoms with Gasteiger partial charge in [0.1, 0.15) is 0 Å². The molecule has 0 fully saturated rings. The second kappa shape index (κ2) is 12.1. The third-order valence-corrected chi connectivity index (χ3v) is 6.60. The zero-order valence-electron chi connectivity index (χ0n) is 18.3. The van der Waals surface area contributed by atoms with Gasteiger partial charge in [-0.05, 0) is 44.0 Å². The molecule has 0 aliphatic heterocycles. The molecule has 0 spiro atoms. The largest absolute Gasteiger partial charge is 0.355 e. The Morgan fingerprint density at radius 3 is 2.55 bits per heavy atom. The maximum absolute atomic E-state index is 12.6. The highest BCUT2D eigenvalue weighted by Crippen LogP contribution is 2.24. The molecule has 0 saturated carbocycles. The van der Waals surface area contributed by atoms with Crippen LogP contribution in [0.15, 0.2) is 53.7 Å². The fraction of sp³-hybridized carbons (Fsp3) is 0.304. The van der Waals surface area contributed by atoms with Gasteiger partial charge in [0.25, 0.3) is 5.91 Å². The van der Waals surface area contributed by atoms with Gasteiger partial charge in [0.15, 0.2) is 11.0 Å². The van der Waals surface area contributed by atoms with Gasteiger partial charge >= 0.3 is 0 Å². The Morgan fingerprint density at radius 1 is 1.09 bits per heavy atom. The minimum absolute atomic E-state index is 0.0656. The van der Waals surface area contributed by atoms with Gasteiger partial charge in [0.05, 0.1) is 21.8 Å². The molecule has 3 aromatic rings. The van der Waals surface area contributed by atoms with Crippen molar-refractivity contribution in [3.05, 3.63) is 75.5 Å². The van der Waals surface area contributed by atoms with E-state index >= 15 is 0 Å². The first-order valence-corrected chi connectivity index (χ1v) is 12.3. The Balaban J connectivity index is 1.54. The van der Waals surface area contributed by atoms with E-state index in [0.29, 0.717) is 39.7 Å². The summed E-state index contributed by atoms with van der Waals surface area (Å²) in [5.41, 5.74) is 1.58. The minimum Gasteiger partial charge on any atom is -0.355 e. The number of nitrogens with zero attached hydrogens (tertiary/aromatic N) is 3. The smallest absolute Gasteiger partial charge is 0.251 e. The average molecular weight is 506 g/mol. The van der Waals surface area contributed by atoms with Crippen molar-refractivity contribution < 1.29 is 9.59 Å². The second-order valence-corrected chi connectivity index (χ2v) is 9.04. The number of carbonyl (C=O) groups is 2. The van der Waals surface area contributed by atoms with Gasteiger partial charge in [-0.15, -0.1) is 10.2 Å². The van der Waals surface area contributed by atoms with Crippen LogP contribution in [0.1, 0.15) is 41.6 Å². The Morgan fingerprint density at radius 2 is 1.85 bits per heavy atom. The summed E-state index contributed by atoms with van der Waals surface area (Å²) >= 11 is 13.2. The number of nitrogens with one attached hydrogen (secondary N) is 2. The number of aromatic nitrogens is 3. The van der Waals surface area contributed by atoms with E-state index in [1.165, 1.54) is 23.4 Å². The van der Waals surface area contributed by atoms with Crippen LogP contribution in [-0.2, 0) is 17.8 Å². The summed E-state index contributed by atoms with van der Waals surface area (Å²) in [7, 11) is 0. The molecular weight excluding hydrogens is 481 g/mol. The molecule has 2 amide bonds. The zero-order valence-corrected chi connectivity index (χ0v) is 20.7. The Bertz CT molecular complexity index is 1110. The van der Waals surface area contributed by atoms with Crippen molar-refractivity contribution in [1.29, 1.82) is 0 Å². The molecule has 2 N–H and O–H groups in total. The molecule has 0 radical (unpaired) electrons. The number of rotatable bonds is 10. The number of amides is 2. The summed E-state index contributed by atoms with van der Waals surface area (Å²) in [4.78, 5) is 24.8. The highest BCUT2D eigenvalue weighted by atomic mass is 35.5. The molecular formula is C23H25Cl2N5O2S. The van der Waals surface area contributed by atoms with Crippen molar-refractivity contribution in [3.8, 4) is 0 Å². The fourth-order valence-corrected chi connectivity index (χ4v) is 4.32. The molecule has 2 aromatic carbocycles. The first-order valence-electron chi connectivity index (χ1n) is 10.5. The molecule has 1 atom stereocenters. The van der Waals surface area contributed by atoms with E-state index in [1.54, 1.807) is 12.1 Å². The van der Waals surface area contributed by atoms with Crippen molar-refractivity contribution in [1.82, 2.24) is 25.4 Å². The lowest BCUT2D eigenvalue weighted by molar-refractivity contribution is -0.118. The summed E-state index contributed by atoms with van der Waals surface area (Å²) in [6.45, 7) is 4.97. The monoisotopic (exact) mass is 505 g/mol. The maximum Gasteiger partial charge on any atom is 0.251 e. The lowest BCUT2D eigenvalue weighted by atomic mass is 10.1. The molecule has 0 aliphatic carbocycles. The molecule has 1 aromatic heterocycles. The quantitative estimate of drug-likeness (QED) is 0.394. The van der Waals surface area contributed by atoms with Crippen LogP contribution in [-0.4, -0.2) is 38.9 Å². The number of hydrogen-bond donors (Lipinski definition) is 2. The Hall–Kier alpha value is -2.55. The molecule has 33 heavy (non-hydrogen) atoms. The van der Waals surface area contributed by atoms with Gasteiger partial charge in [-0.25, -0.2) is 0 Å². The molecule has 0 aliphatic rings. The highest BCUT2D eigenvalue weighted by Gasteiger charge is 2.20. The van der Waals surface area contributed by atoms with Crippen LogP contribution in [0.3, 0.4) is 0 Å². The summed E-state index contributed by atoms with van der Waals surface area (Å²) < 4.78 is 1.89. The van der Waals surface area contributed by atoms with Crippen LogP contribution in [0.5, 0.6) is 0 Å². The summed E-state index contributed by atoms with van der Waals surface area (Å²) in [5, 5.41) is 15.6. The average Bonchev–Trinajstić information content (AvgIpc) is 3.23. The number of hydrogen-bond acceptors (Lipinski definition) is 5. The summed E-state index contributed by atoms with van der Waals surface area (Å²) in [6, 6.07) is 14.3. The van der Waals surface area contributed by atoms with Crippen molar-refractivity contribution in [2.75, 3.05) is 12.3 Å². The van der Waals surface area contributed by atoms with Crippen molar-refractivity contribution in [3.63, 3.8) is 0 Å². The molecule has 7 nitrogen and oxygen atoms in total. The third-order valence-electron chi connectivity index (χ3n) is 4.89. The van der Waals surface area contributed by atoms with E-state index in [4.69, 9.17) is 23.2 Å². The topological polar surface area (TPSA) is 88.9 Å². The van der Waals surface area contributed by atoms with Crippen molar-refractivity contribution in [2.45, 2.75) is 38.0 Å². The first kappa shape index (κ1) is 25.1. The van der Waals surface area contributed by atoms with Crippen LogP contribution in [0, 0.1) is 0 Å². The number of carbonyl (C=O) groups excluding carboxylic acids is 2. The molecule has 174 valence electrons. The number of benzene rings is 2. The van der Waals surface area contributed by atoms with Crippen LogP contribution in [0.4, 0.5) is 0 Å². The van der Waals surface area contributed by atoms with E-state index in [9.17, 15) is 9.59 Å². The Labute approximate surface area is 207 Å². The van der Waals surface area contributed by atoms with Gasteiger partial charge in [0, 0.05) is 18.7 Å². The van der Waals surface area contributed by atoms with Gasteiger partial charge in [-0.1, -0.05) is 65.3 Å². The van der Waals surface area contributed by atoms with Crippen molar-refractivity contribution in [2.24, 2.45) is 0 Å². The second-order valence-electron chi connectivity index (χ2n) is 7.28. The van der Waals surface area contributed by atoms with E-state index < -0.39 is 6.04 Å². The highest BCUT2D eigenvalue weighted by molar-refractivity contribution is 7.99. The van der Waals surface area contributed by atoms with Crippen LogP contribution < -0.4 is 10.6 Å². The lowest BCUT2D eigenvalue weighted by Gasteiger charge is -2.15. The molecule has 10 heteroatoms. The number of thioether (sulfide) groups is 1. The zero-order chi connectivity index (χ0) is 23.8. The van der Waals surface area contributed by atoms with E-state index in [0.717, 1.165) is 6.42 Å². The van der Waals surface area contributed by atoms with E-state index in [-0.39, 0.29) is 17.6 Å². The molecule has 0 bridgehead atoms. The van der Waals surface area contributed by atoms with Crippen LogP contribution in [0.25, 0.3) is 0 Å². The fourth-order valence-electron chi connectivity index (χ4n) is 3.18. The summed E-state index contributed by atoms with van der Waals surface area (Å²) in [5.74, 6) is 0.484. The molecule has 3 rings (SSSR count). The van der Waals surface area contributed by atoms with Gasteiger partial charge in [-0.2, -0.15) is 0 Å². The lowest BCUT2D eigenvalue weighted by Crippen LogP contribution is -2.29. The van der Waals surface area contributed by atoms with E-state index in [1.807, 2.05) is 48.7 Å². The van der Waals surface area contributed by atoms with Crippen LogP contribution in [0.2, 0.25) is 10.0 Å². The SMILES string of the molecule is CCn1c(SCC(=O)NCCc2ccccc2)nnc1[C@H](C)NC(=O)c1ccc(Cl)c(Cl)c1. The van der Waals surface area contributed by atoms with E-state index in [2.05, 4.69) is 20.8 Å². The standard InChI is InChI=1S/C23H25Cl2N5O2S/c1-3-30-21(15(2)27-22(32)17-9-10-18(24)19(25)13-17)28-29-23(30)33-14-20(31)26-12-11-16-7-5-4-6-8-16/h4-10,13,15H,3,11-12,14H2,1-2H3,(H,26,31)(H,27,32)/t15-/m0/s1. The predicted molar refractivity (Wildman–Crippen MR) is 132 cm³/mol. The number of halogens is 2. The molecule has 0 saturated heterocycles. The van der Waals surface area contributed by atoms with Crippen molar-refractivity contribution >= 4 is 46.8 Å². The summed E-state index contributed by atoms with van der Waals surface area (Å²) in [6.07, 6.45) is 0.780. The minimum atomic E-state index is -0.395. The van der Waals surface area contributed by atoms with Gasteiger partial charge < -0.3 is 15.2 Å². The maximum atomic E-state index is 12.6. The molecule has 1 heterocycles.